The van der Waals surface area contributed by atoms with Crippen molar-refractivity contribution in [1.82, 2.24) is 0 Å². The van der Waals surface area contributed by atoms with E-state index in [0.29, 0.717) is 12.3 Å². The number of ether oxygens (including phenoxy) is 1. The molecule has 1 amide bonds. The molecule has 5 rings (SSSR count). The molecule has 3 aromatic rings. The standard InChI is InChI=1S/C40H55NO3Si/c1-39(2,3)32-23-22-28(38(44-45(7)8)33(40(4,5)6)24-27-16-10-9-11-17-27)25-34(32)41-37(42)26-31-29-18-12-14-20-35(29)43-36-21-15-13-19-30(31)36/h12-15,18-23,25,27,31,33,38,45H,9-11,16-17,24,26H2,1-8H3,(H,41,42). The molecular weight excluding hydrogens is 571 g/mol. The van der Waals surface area contributed by atoms with E-state index < -0.39 is 9.04 Å². The Morgan fingerprint density at radius 1 is 0.889 bits per heavy atom. The zero-order chi connectivity index (χ0) is 32.4. The van der Waals surface area contributed by atoms with Gasteiger partial charge < -0.3 is 14.5 Å². The second-order valence-corrected chi connectivity index (χ2v) is 18.2. The summed E-state index contributed by atoms with van der Waals surface area (Å²) >= 11 is 0. The molecule has 1 aliphatic carbocycles. The number of carbonyl (C=O) groups is 1. The van der Waals surface area contributed by atoms with Gasteiger partial charge in [-0.25, -0.2) is 0 Å². The van der Waals surface area contributed by atoms with Gasteiger partial charge in [-0.3, -0.25) is 4.79 Å². The van der Waals surface area contributed by atoms with Gasteiger partial charge >= 0.3 is 0 Å². The highest BCUT2D eigenvalue weighted by Gasteiger charge is 2.37. The summed E-state index contributed by atoms with van der Waals surface area (Å²) in [5.74, 6) is 2.76. The topological polar surface area (TPSA) is 47.6 Å². The molecule has 242 valence electrons. The highest BCUT2D eigenvalue weighted by atomic mass is 28.3. The van der Waals surface area contributed by atoms with Crippen LogP contribution in [0.15, 0.2) is 66.7 Å². The smallest absolute Gasteiger partial charge is 0.225 e. The summed E-state index contributed by atoms with van der Waals surface area (Å²) in [5, 5.41) is 3.41. The third kappa shape index (κ3) is 8.10. The van der Waals surface area contributed by atoms with Crippen molar-refractivity contribution in [2.75, 3.05) is 5.32 Å². The molecule has 2 aliphatic rings. The zero-order valence-corrected chi connectivity index (χ0v) is 30.1. The van der Waals surface area contributed by atoms with Gasteiger partial charge in [-0.05, 0) is 71.5 Å². The molecule has 1 heterocycles. The first-order chi connectivity index (χ1) is 21.3. The van der Waals surface area contributed by atoms with Crippen molar-refractivity contribution in [2.24, 2.45) is 17.3 Å². The fourth-order valence-electron chi connectivity index (χ4n) is 7.52. The largest absolute Gasteiger partial charge is 0.457 e. The number of fused-ring (bicyclic) bond motifs is 2. The summed E-state index contributed by atoms with van der Waals surface area (Å²) in [6.45, 7) is 18.4. The average Bonchev–Trinajstić information content (AvgIpc) is 2.98. The third-order valence-corrected chi connectivity index (χ3v) is 10.7. The quantitative estimate of drug-likeness (QED) is 0.241. The molecule has 3 aromatic carbocycles. The lowest BCUT2D eigenvalue weighted by Gasteiger charge is -2.41. The van der Waals surface area contributed by atoms with Crippen LogP contribution in [-0.4, -0.2) is 14.9 Å². The molecule has 45 heavy (non-hydrogen) atoms. The molecule has 1 saturated carbocycles. The predicted molar refractivity (Wildman–Crippen MR) is 190 cm³/mol. The van der Waals surface area contributed by atoms with E-state index in [2.05, 4.69) is 90.3 Å². The minimum Gasteiger partial charge on any atom is -0.457 e. The Bertz CT molecular complexity index is 1420. The van der Waals surface area contributed by atoms with Crippen LogP contribution in [0, 0.1) is 17.3 Å². The van der Waals surface area contributed by atoms with Gasteiger partial charge in [-0.2, -0.15) is 0 Å². The van der Waals surface area contributed by atoms with Gasteiger partial charge in [0.25, 0.3) is 0 Å². The number of para-hydroxylation sites is 2. The van der Waals surface area contributed by atoms with E-state index in [1.165, 1.54) is 44.1 Å². The highest BCUT2D eigenvalue weighted by molar-refractivity contribution is 6.48. The van der Waals surface area contributed by atoms with Gasteiger partial charge in [-0.1, -0.05) is 122 Å². The van der Waals surface area contributed by atoms with Crippen LogP contribution in [0.4, 0.5) is 5.69 Å². The van der Waals surface area contributed by atoms with E-state index >= 15 is 0 Å². The van der Waals surface area contributed by atoms with E-state index in [9.17, 15) is 4.79 Å². The van der Waals surface area contributed by atoms with Crippen molar-refractivity contribution in [2.45, 2.75) is 117 Å². The van der Waals surface area contributed by atoms with Gasteiger partial charge in [0.15, 0.2) is 9.04 Å². The van der Waals surface area contributed by atoms with Gasteiger partial charge in [0, 0.05) is 29.2 Å². The molecule has 0 saturated heterocycles. The predicted octanol–water partition coefficient (Wildman–Crippen LogP) is 10.9. The van der Waals surface area contributed by atoms with Crippen molar-refractivity contribution < 1.29 is 14.0 Å². The van der Waals surface area contributed by atoms with Crippen LogP contribution in [0.5, 0.6) is 11.5 Å². The van der Waals surface area contributed by atoms with Crippen LogP contribution in [0.1, 0.15) is 121 Å². The third-order valence-electron chi connectivity index (χ3n) is 9.86. The molecular formula is C40H55NO3Si. The maximum absolute atomic E-state index is 14.0. The first kappa shape index (κ1) is 33.5. The molecule has 4 nitrogen and oxygen atoms in total. The zero-order valence-electron chi connectivity index (χ0n) is 28.9. The van der Waals surface area contributed by atoms with Crippen LogP contribution in [0.2, 0.25) is 13.1 Å². The number of benzene rings is 3. The molecule has 0 spiro atoms. The first-order valence-electron chi connectivity index (χ1n) is 17.3. The number of hydrogen-bond acceptors (Lipinski definition) is 3. The van der Waals surface area contributed by atoms with Crippen molar-refractivity contribution in [3.8, 4) is 11.5 Å². The van der Waals surface area contributed by atoms with Crippen LogP contribution in [0.3, 0.4) is 0 Å². The summed E-state index contributed by atoms with van der Waals surface area (Å²) in [6, 6.07) is 22.9. The van der Waals surface area contributed by atoms with Crippen LogP contribution < -0.4 is 10.1 Å². The molecule has 1 aliphatic heterocycles. The lowest BCUT2D eigenvalue weighted by atomic mass is 9.69. The Kier molecular flexibility index (Phi) is 10.3. The number of anilines is 1. The first-order valence-corrected chi connectivity index (χ1v) is 20.0. The van der Waals surface area contributed by atoms with Crippen LogP contribution in [0.25, 0.3) is 0 Å². The molecule has 1 fully saturated rings. The SMILES string of the molecule is C[SiH](C)OC(c1ccc(C(C)(C)C)c(NC(=O)CC2c3ccccc3Oc3ccccc32)c1)C(CC1CCCCC1)C(C)(C)C. The Morgan fingerprint density at radius 3 is 2.04 bits per heavy atom. The van der Waals surface area contributed by atoms with Gasteiger partial charge in [0.05, 0.1) is 6.10 Å². The molecule has 0 radical (unpaired) electrons. The second kappa shape index (κ2) is 13.8. The number of rotatable bonds is 9. The van der Waals surface area contributed by atoms with Crippen molar-refractivity contribution in [3.63, 3.8) is 0 Å². The Hall–Kier alpha value is -2.89. The van der Waals surface area contributed by atoms with E-state index in [0.717, 1.165) is 39.8 Å². The average molecular weight is 626 g/mol. The van der Waals surface area contributed by atoms with Crippen LogP contribution in [-0.2, 0) is 14.6 Å². The van der Waals surface area contributed by atoms with E-state index in [1.807, 2.05) is 36.4 Å². The van der Waals surface area contributed by atoms with E-state index in [-0.39, 0.29) is 28.8 Å². The lowest BCUT2D eigenvalue weighted by Crippen LogP contribution is -2.33. The summed E-state index contributed by atoms with van der Waals surface area (Å²) < 4.78 is 13.2. The minimum absolute atomic E-state index is 0.0116. The molecule has 0 aromatic heterocycles. The lowest BCUT2D eigenvalue weighted by molar-refractivity contribution is -0.116. The Labute approximate surface area is 274 Å². The normalized spacial score (nSPS) is 17.3. The molecule has 2 unspecified atom stereocenters. The fourth-order valence-corrected chi connectivity index (χ4v) is 8.46. The number of nitrogens with one attached hydrogen (secondary N) is 1. The summed E-state index contributed by atoms with van der Waals surface area (Å²) in [5.41, 5.74) is 5.33. The van der Waals surface area contributed by atoms with Gasteiger partial charge in [0.1, 0.15) is 11.5 Å². The highest BCUT2D eigenvalue weighted by Crippen LogP contribution is 2.48. The summed E-state index contributed by atoms with van der Waals surface area (Å²) in [4.78, 5) is 14.0. The monoisotopic (exact) mass is 625 g/mol. The fraction of sp³-hybridized carbons (Fsp3) is 0.525. The van der Waals surface area contributed by atoms with Gasteiger partial charge in [0.2, 0.25) is 5.91 Å². The van der Waals surface area contributed by atoms with Gasteiger partial charge in [-0.15, -0.1) is 0 Å². The minimum atomic E-state index is -1.36. The number of hydrogen-bond donors (Lipinski definition) is 1. The number of amides is 1. The van der Waals surface area contributed by atoms with E-state index in [1.54, 1.807) is 0 Å². The maximum atomic E-state index is 14.0. The van der Waals surface area contributed by atoms with Crippen molar-refractivity contribution >= 4 is 20.6 Å². The second-order valence-electron chi connectivity index (χ2n) is 15.9. The summed E-state index contributed by atoms with van der Waals surface area (Å²) in [7, 11) is -1.36. The molecule has 0 bridgehead atoms. The van der Waals surface area contributed by atoms with Crippen LogP contribution >= 0.6 is 0 Å². The molecule has 2 atom stereocenters. The number of carbonyl (C=O) groups excluding carboxylic acids is 1. The Balaban J connectivity index is 1.48. The molecule has 1 N–H and O–H groups in total. The van der Waals surface area contributed by atoms with E-state index in [4.69, 9.17) is 9.16 Å². The van der Waals surface area contributed by atoms with Crippen molar-refractivity contribution in [1.29, 1.82) is 0 Å². The summed E-state index contributed by atoms with van der Waals surface area (Å²) in [6.07, 6.45) is 8.30. The molecule has 5 heteroatoms. The van der Waals surface area contributed by atoms with Crippen molar-refractivity contribution in [3.05, 3.63) is 89.0 Å². The maximum Gasteiger partial charge on any atom is 0.225 e. The Morgan fingerprint density at radius 2 is 1.49 bits per heavy atom.